The normalized spacial score (nSPS) is 10.4. The third-order valence-electron chi connectivity index (χ3n) is 2.46. The van der Waals surface area contributed by atoms with Crippen LogP contribution in [0.5, 0.6) is 5.75 Å². The number of rotatable bonds is 4. The highest BCUT2D eigenvalue weighted by molar-refractivity contribution is 5.79. The molecule has 1 heterocycles. The van der Waals surface area contributed by atoms with Crippen molar-refractivity contribution < 1.29 is 9.53 Å². The van der Waals surface area contributed by atoms with Gasteiger partial charge in [-0.1, -0.05) is 18.2 Å². The number of hydrogen-bond acceptors (Lipinski definition) is 3. The molecule has 0 N–H and O–H groups in total. The van der Waals surface area contributed by atoms with E-state index >= 15 is 0 Å². The molecule has 0 atom stereocenters. The zero-order valence-corrected chi connectivity index (χ0v) is 10.5. The van der Waals surface area contributed by atoms with E-state index in [1.807, 2.05) is 44.2 Å². The molecule has 3 nitrogen and oxygen atoms in total. The van der Waals surface area contributed by atoms with E-state index in [-0.39, 0.29) is 6.10 Å². The zero-order valence-electron chi connectivity index (χ0n) is 10.5. The average molecular weight is 241 g/mol. The second kappa shape index (κ2) is 5.45. The number of nitrogens with zero attached hydrogens (tertiary/aromatic N) is 1. The van der Waals surface area contributed by atoms with Crippen molar-refractivity contribution in [2.24, 2.45) is 0 Å². The van der Waals surface area contributed by atoms with Crippen molar-refractivity contribution in [1.82, 2.24) is 4.98 Å². The van der Waals surface area contributed by atoms with Crippen LogP contribution < -0.4 is 4.74 Å². The van der Waals surface area contributed by atoms with Gasteiger partial charge in [-0.2, -0.15) is 0 Å². The quantitative estimate of drug-likeness (QED) is 0.770. The van der Waals surface area contributed by atoms with Gasteiger partial charge in [0, 0.05) is 29.1 Å². The van der Waals surface area contributed by atoms with Crippen molar-refractivity contribution in [3.63, 3.8) is 0 Å². The van der Waals surface area contributed by atoms with Crippen LogP contribution in [0.2, 0.25) is 0 Å². The summed E-state index contributed by atoms with van der Waals surface area (Å²) in [5.74, 6) is 0.803. The van der Waals surface area contributed by atoms with Gasteiger partial charge in [-0.15, -0.1) is 0 Å². The first-order valence-electron chi connectivity index (χ1n) is 5.87. The molecule has 0 saturated heterocycles. The topological polar surface area (TPSA) is 39.2 Å². The lowest BCUT2D eigenvalue weighted by atomic mass is 10.1. The van der Waals surface area contributed by atoms with Crippen molar-refractivity contribution in [2.75, 3.05) is 0 Å². The first-order chi connectivity index (χ1) is 8.70. The maximum absolute atomic E-state index is 10.8. The number of carbonyl (C=O) groups excluding carboxylic acids is 1. The van der Waals surface area contributed by atoms with Crippen molar-refractivity contribution in [2.45, 2.75) is 20.0 Å². The van der Waals surface area contributed by atoms with E-state index in [1.54, 1.807) is 12.4 Å². The molecule has 0 unspecified atom stereocenters. The number of ether oxygens (including phenoxy) is 1. The molecule has 1 aromatic carbocycles. The molecule has 0 aliphatic rings. The second-order valence-corrected chi connectivity index (χ2v) is 4.29. The molecule has 3 heteroatoms. The molecule has 2 aromatic rings. The highest BCUT2D eigenvalue weighted by atomic mass is 16.5. The number of pyridine rings is 1. The molecule has 0 radical (unpaired) electrons. The van der Waals surface area contributed by atoms with E-state index in [4.69, 9.17) is 4.74 Å². The SMILES string of the molecule is CC(C)Oc1ccccc1-c1cncc(C=O)c1. The highest BCUT2D eigenvalue weighted by Crippen LogP contribution is 2.30. The molecule has 0 aliphatic carbocycles. The lowest BCUT2D eigenvalue weighted by Crippen LogP contribution is -2.06. The standard InChI is InChI=1S/C15H15NO2/c1-11(2)18-15-6-4-3-5-14(15)13-7-12(10-17)8-16-9-13/h3-11H,1-2H3. The van der Waals surface area contributed by atoms with Crippen LogP contribution in [0.3, 0.4) is 0 Å². The Morgan fingerprint density at radius 1 is 1.22 bits per heavy atom. The Morgan fingerprint density at radius 2 is 2.00 bits per heavy atom. The number of para-hydroxylation sites is 1. The van der Waals surface area contributed by atoms with Crippen LogP contribution in [-0.2, 0) is 0 Å². The van der Waals surface area contributed by atoms with Crippen LogP contribution in [0, 0.1) is 0 Å². The minimum Gasteiger partial charge on any atom is -0.490 e. The zero-order chi connectivity index (χ0) is 13.0. The van der Waals surface area contributed by atoms with Gasteiger partial charge in [-0.25, -0.2) is 0 Å². The largest absolute Gasteiger partial charge is 0.490 e. The van der Waals surface area contributed by atoms with E-state index in [0.29, 0.717) is 5.56 Å². The summed E-state index contributed by atoms with van der Waals surface area (Å²) in [5, 5.41) is 0. The van der Waals surface area contributed by atoms with Gasteiger partial charge in [0.1, 0.15) is 5.75 Å². The van der Waals surface area contributed by atoms with Gasteiger partial charge in [0.15, 0.2) is 6.29 Å². The fourth-order valence-corrected chi connectivity index (χ4v) is 1.73. The summed E-state index contributed by atoms with van der Waals surface area (Å²) in [5.41, 5.74) is 2.39. The summed E-state index contributed by atoms with van der Waals surface area (Å²) < 4.78 is 5.76. The van der Waals surface area contributed by atoms with Crippen LogP contribution in [0.1, 0.15) is 24.2 Å². The lowest BCUT2D eigenvalue weighted by Gasteiger charge is -2.14. The Bertz CT molecular complexity index is 550. The number of aromatic nitrogens is 1. The fraction of sp³-hybridized carbons (Fsp3) is 0.200. The van der Waals surface area contributed by atoms with E-state index in [0.717, 1.165) is 23.2 Å². The Kier molecular flexibility index (Phi) is 3.72. The monoisotopic (exact) mass is 241 g/mol. The molecule has 1 aromatic heterocycles. The van der Waals surface area contributed by atoms with Gasteiger partial charge < -0.3 is 4.74 Å². The molecule has 18 heavy (non-hydrogen) atoms. The molecule has 0 saturated carbocycles. The van der Waals surface area contributed by atoms with Crippen molar-refractivity contribution in [3.05, 3.63) is 48.3 Å². The maximum Gasteiger partial charge on any atom is 0.151 e. The number of hydrogen-bond donors (Lipinski definition) is 0. The first-order valence-corrected chi connectivity index (χ1v) is 5.87. The van der Waals surface area contributed by atoms with E-state index < -0.39 is 0 Å². The van der Waals surface area contributed by atoms with Crippen molar-refractivity contribution in [3.8, 4) is 16.9 Å². The summed E-state index contributed by atoms with van der Waals surface area (Å²) in [6.45, 7) is 3.97. The molecule has 0 aliphatic heterocycles. The fourth-order valence-electron chi connectivity index (χ4n) is 1.73. The molecule has 0 spiro atoms. The first kappa shape index (κ1) is 12.3. The predicted octanol–water partition coefficient (Wildman–Crippen LogP) is 3.35. The second-order valence-electron chi connectivity index (χ2n) is 4.29. The van der Waals surface area contributed by atoms with Gasteiger partial charge in [-0.3, -0.25) is 9.78 Å². The summed E-state index contributed by atoms with van der Waals surface area (Å²) >= 11 is 0. The van der Waals surface area contributed by atoms with Gasteiger partial charge in [0.25, 0.3) is 0 Å². The molecular formula is C15H15NO2. The van der Waals surface area contributed by atoms with E-state index in [1.165, 1.54) is 0 Å². The van der Waals surface area contributed by atoms with E-state index in [9.17, 15) is 4.79 Å². The van der Waals surface area contributed by atoms with Gasteiger partial charge in [0.05, 0.1) is 6.10 Å². The number of benzene rings is 1. The minimum absolute atomic E-state index is 0.105. The molecule has 0 amide bonds. The van der Waals surface area contributed by atoms with Crippen molar-refractivity contribution in [1.29, 1.82) is 0 Å². The van der Waals surface area contributed by atoms with Crippen LogP contribution in [0.4, 0.5) is 0 Å². The summed E-state index contributed by atoms with van der Waals surface area (Å²) in [4.78, 5) is 14.8. The van der Waals surface area contributed by atoms with Crippen LogP contribution in [0.25, 0.3) is 11.1 Å². The smallest absolute Gasteiger partial charge is 0.151 e. The van der Waals surface area contributed by atoms with Crippen LogP contribution in [0.15, 0.2) is 42.7 Å². The Morgan fingerprint density at radius 3 is 2.72 bits per heavy atom. The van der Waals surface area contributed by atoms with Gasteiger partial charge in [-0.05, 0) is 26.0 Å². The predicted molar refractivity (Wildman–Crippen MR) is 70.8 cm³/mol. The van der Waals surface area contributed by atoms with E-state index in [2.05, 4.69) is 4.98 Å². The third kappa shape index (κ3) is 2.74. The minimum atomic E-state index is 0.105. The third-order valence-corrected chi connectivity index (χ3v) is 2.46. The maximum atomic E-state index is 10.8. The van der Waals surface area contributed by atoms with Gasteiger partial charge in [0.2, 0.25) is 0 Å². The van der Waals surface area contributed by atoms with Crippen molar-refractivity contribution >= 4 is 6.29 Å². The van der Waals surface area contributed by atoms with Gasteiger partial charge >= 0.3 is 0 Å². The Hall–Kier alpha value is -2.16. The Balaban J connectivity index is 2.45. The van der Waals surface area contributed by atoms with Crippen LogP contribution in [-0.4, -0.2) is 17.4 Å². The molecule has 0 fully saturated rings. The average Bonchev–Trinajstić information content (AvgIpc) is 2.39. The summed E-state index contributed by atoms with van der Waals surface area (Å²) in [7, 11) is 0. The summed E-state index contributed by atoms with van der Waals surface area (Å²) in [6.07, 6.45) is 4.17. The Labute approximate surface area is 106 Å². The van der Waals surface area contributed by atoms with Crippen LogP contribution >= 0.6 is 0 Å². The molecule has 92 valence electrons. The molecule has 2 rings (SSSR count). The summed E-state index contributed by atoms with van der Waals surface area (Å²) in [6, 6.07) is 9.56. The molecular weight excluding hydrogens is 226 g/mol. The molecule has 0 bridgehead atoms. The number of carbonyl (C=O) groups is 1. The number of aldehydes is 1. The highest BCUT2D eigenvalue weighted by Gasteiger charge is 2.08. The lowest BCUT2D eigenvalue weighted by molar-refractivity contribution is 0.112.